The van der Waals surface area contributed by atoms with Crippen LogP contribution < -0.4 is 14.8 Å². The number of rotatable bonds is 12. The lowest BCUT2D eigenvalue weighted by atomic mass is 10.0. The lowest BCUT2D eigenvalue weighted by molar-refractivity contribution is 0.139. The third kappa shape index (κ3) is 7.17. The van der Waals surface area contributed by atoms with E-state index in [1.807, 2.05) is 23.1 Å². The maximum Gasteiger partial charge on any atom is 0.512 e. The maximum absolute atomic E-state index is 12.9. The number of hydrogen-bond acceptors (Lipinski definition) is 7. The lowest BCUT2D eigenvalue weighted by Crippen LogP contribution is -2.39. The molecule has 0 unspecified atom stereocenters. The van der Waals surface area contributed by atoms with E-state index in [0.717, 1.165) is 24.2 Å². The molecule has 3 rings (SSSR count). The van der Waals surface area contributed by atoms with Gasteiger partial charge in [0.25, 0.3) is 10.0 Å². The van der Waals surface area contributed by atoms with E-state index in [1.54, 1.807) is 34.9 Å². The second kappa shape index (κ2) is 13.2. The number of nitrogens with one attached hydrogen (secondary N) is 2. The first kappa shape index (κ1) is 28.8. The van der Waals surface area contributed by atoms with E-state index in [-0.39, 0.29) is 17.3 Å². The van der Waals surface area contributed by atoms with E-state index in [0.29, 0.717) is 29.1 Å². The molecule has 0 spiro atoms. The number of ether oxygens (including phenoxy) is 1. The fraction of sp³-hybridized carbons (Fsp3) is 0.269. The van der Waals surface area contributed by atoms with Crippen LogP contribution in [0, 0.1) is 0 Å². The lowest BCUT2D eigenvalue weighted by Gasteiger charge is -2.14. The summed E-state index contributed by atoms with van der Waals surface area (Å²) in [4.78, 5) is 27.9. The van der Waals surface area contributed by atoms with Crippen LogP contribution in [-0.4, -0.2) is 48.1 Å². The van der Waals surface area contributed by atoms with Gasteiger partial charge in [0.1, 0.15) is 5.82 Å². The van der Waals surface area contributed by atoms with Gasteiger partial charge in [-0.05, 0) is 29.9 Å². The predicted octanol–water partition coefficient (Wildman–Crippen LogP) is 4.89. The number of unbranched alkanes of at least 4 members (excludes halogenated alkanes) is 1. The van der Waals surface area contributed by atoms with Crippen LogP contribution in [0.5, 0.6) is 5.88 Å². The van der Waals surface area contributed by atoms with Crippen molar-refractivity contribution < 1.29 is 27.9 Å². The largest absolute Gasteiger partial charge is 0.512 e. The van der Waals surface area contributed by atoms with E-state index < -0.39 is 22.2 Å². The number of aryl methyl sites for hydroxylation is 1. The van der Waals surface area contributed by atoms with Gasteiger partial charge >= 0.3 is 12.2 Å². The van der Waals surface area contributed by atoms with E-state index in [1.165, 1.54) is 23.9 Å². The van der Waals surface area contributed by atoms with E-state index in [9.17, 15) is 23.1 Å². The van der Waals surface area contributed by atoms with Gasteiger partial charge in [-0.15, -0.1) is 18.3 Å². The number of thioether (sulfide) groups is 1. The zero-order valence-electron chi connectivity index (χ0n) is 21.1. The molecular weight excluding hydrogens is 528 g/mol. The highest BCUT2D eigenvalue weighted by atomic mass is 32.2. The number of hydrogen-bond donors (Lipinski definition) is 3. The third-order valence-electron chi connectivity index (χ3n) is 5.52. The molecule has 38 heavy (non-hydrogen) atoms. The van der Waals surface area contributed by atoms with Crippen LogP contribution in [0.3, 0.4) is 0 Å². The van der Waals surface area contributed by atoms with Crippen molar-refractivity contribution in [1.82, 2.24) is 19.6 Å². The van der Waals surface area contributed by atoms with Gasteiger partial charge in [0.2, 0.25) is 5.88 Å². The van der Waals surface area contributed by atoms with Crippen molar-refractivity contribution in [2.24, 2.45) is 0 Å². The van der Waals surface area contributed by atoms with Gasteiger partial charge < -0.3 is 15.2 Å². The van der Waals surface area contributed by atoms with Crippen molar-refractivity contribution in [3.63, 3.8) is 0 Å². The summed E-state index contributed by atoms with van der Waals surface area (Å²) in [5, 5.41) is 12.1. The molecule has 1 aromatic heterocycles. The van der Waals surface area contributed by atoms with Crippen molar-refractivity contribution in [3.05, 3.63) is 72.6 Å². The molecule has 1 heterocycles. The summed E-state index contributed by atoms with van der Waals surface area (Å²) in [6.07, 6.45) is 4.35. The molecule has 0 aliphatic rings. The van der Waals surface area contributed by atoms with Crippen LogP contribution in [0.15, 0.2) is 71.1 Å². The molecule has 0 radical (unpaired) electrons. The first-order valence-electron chi connectivity index (χ1n) is 11.8. The molecule has 10 nitrogen and oxygen atoms in total. The van der Waals surface area contributed by atoms with Gasteiger partial charge in [-0.3, -0.25) is 4.57 Å². The number of imidazole rings is 1. The minimum atomic E-state index is -4.14. The summed E-state index contributed by atoms with van der Waals surface area (Å²) in [5.41, 5.74) is 1.90. The number of carbonyl (C=O) groups excluding carboxylic acids is 1. The fourth-order valence-corrected chi connectivity index (χ4v) is 5.43. The number of nitrogens with zero attached hydrogens (tertiary/aromatic N) is 2. The molecule has 202 valence electrons. The molecular formula is C26H30N4O6S2. The first-order valence-corrected chi connectivity index (χ1v) is 14.5. The summed E-state index contributed by atoms with van der Waals surface area (Å²) in [6, 6.07) is 12.7. The SMILES string of the molecule is C=CCNC(=O)NS(=O)(=O)c1ccccc1-c1ccc(Cn2c(CCCC)nc(SC)c2OC(=O)O)cc1. The van der Waals surface area contributed by atoms with Crippen molar-refractivity contribution in [2.45, 2.75) is 42.7 Å². The third-order valence-corrected chi connectivity index (χ3v) is 7.56. The standard InChI is InChI=1S/C26H30N4O6S2/c1-4-6-11-22-28-23(37-3)24(36-26(32)33)30(22)17-18-12-14-19(15-13-18)20-9-7-8-10-21(20)38(34,35)29-25(31)27-16-5-2/h5,7-10,12-15H,2,4,6,11,16-17H2,1,3H3,(H,32,33)(H2,27,29,31). The maximum atomic E-state index is 12.9. The monoisotopic (exact) mass is 558 g/mol. The highest BCUT2D eigenvalue weighted by Crippen LogP contribution is 2.32. The van der Waals surface area contributed by atoms with Crippen LogP contribution in [0.2, 0.25) is 0 Å². The zero-order chi connectivity index (χ0) is 27.7. The summed E-state index contributed by atoms with van der Waals surface area (Å²) in [7, 11) is -4.14. The molecule has 12 heteroatoms. The van der Waals surface area contributed by atoms with E-state index in [2.05, 4.69) is 23.8 Å². The Morgan fingerprint density at radius 1 is 1.18 bits per heavy atom. The number of aromatic nitrogens is 2. The Balaban J connectivity index is 1.92. The van der Waals surface area contributed by atoms with E-state index >= 15 is 0 Å². The fourth-order valence-electron chi connectivity index (χ4n) is 3.75. The topological polar surface area (TPSA) is 140 Å². The molecule has 0 bridgehead atoms. The molecule has 3 N–H and O–H groups in total. The molecule has 0 aliphatic heterocycles. The van der Waals surface area contributed by atoms with Crippen LogP contribution in [0.25, 0.3) is 11.1 Å². The van der Waals surface area contributed by atoms with Crippen molar-refractivity contribution in [1.29, 1.82) is 0 Å². The molecule has 0 saturated carbocycles. The van der Waals surface area contributed by atoms with Crippen molar-refractivity contribution in [3.8, 4) is 17.0 Å². The van der Waals surface area contributed by atoms with Gasteiger partial charge in [-0.25, -0.2) is 27.7 Å². The van der Waals surface area contributed by atoms with Crippen molar-refractivity contribution in [2.75, 3.05) is 12.8 Å². The molecule has 2 aromatic carbocycles. The predicted molar refractivity (Wildman–Crippen MR) is 146 cm³/mol. The zero-order valence-corrected chi connectivity index (χ0v) is 22.8. The van der Waals surface area contributed by atoms with Crippen LogP contribution in [0.4, 0.5) is 9.59 Å². The Morgan fingerprint density at radius 2 is 1.89 bits per heavy atom. The van der Waals surface area contributed by atoms with Gasteiger partial charge in [-0.2, -0.15) is 0 Å². The van der Waals surface area contributed by atoms with Crippen molar-refractivity contribution >= 4 is 34.0 Å². The Morgan fingerprint density at radius 3 is 2.53 bits per heavy atom. The minimum absolute atomic E-state index is 0.0419. The van der Waals surface area contributed by atoms with Crippen LogP contribution >= 0.6 is 11.8 Å². The number of carboxylic acid groups (broad SMARTS) is 1. The second-order valence-electron chi connectivity index (χ2n) is 8.20. The smallest absolute Gasteiger partial charge is 0.449 e. The average Bonchev–Trinajstić information content (AvgIpc) is 3.21. The number of benzene rings is 2. The van der Waals surface area contributed by atoms with Crippen LogP contribution in [0.1, 0.15) is 31.2 Å². The summed E-state index contributed by atoms with van der Waals surface area (Å²) in [5.74, 6) is 0.909. The highest BCUT2D eigenvalue weighted by molar-refractivity contribution is 7.98. The van der Waals surface area contributed by atoms with Gasteiger partial charge in [0, 0.05) is 18.5 Å². The Labute approximate surface area is 226 Å². The number of urea groups is 1. The molecule has 3 aromatic rings. The average molecular weight is 559 g/mol. The first-order chi connectivity index (χ1) is 18.2. The molecule has 0 aliphatic carbocycles. The molecule has 0 atom stereocenters. The van der Waals surface area contributed by atoms with Gasteiger partial charge in [-0.1, -0.05) is 61.9 Å². The normalized spacial score (nSPS) is 11.1. The number of sulfonamides is 1. The minimum Gasteiger partial charge on any atom is -0.449 e. The van der Waals surface area contributed by atoms with Gasteiger partial charge in [0.15, 0.2) is 5.03 Å². The van der Waals surface area contributed by atoms with Gasteiger partial charge in [0.05, 0.1) is 11.4 Å². The summed E-state index contributed by atoms with van der Waals surface area (Å²) in [6.45, 7) is 6.00. The number of carbonyl (C=O) groups is 2. The number of amides is 2. The Bertz CT molecular complexity index is 1400. The Hall–Kier alpha value is -3.77. The second-order valence-corrected chi connectivity index (χ2v) is 10.6. The van der Waals surface area contributed by atoms with Crippen LogP contribution in [-0.2, 0) is 23.0 Å². The summed E-state index contributed by atoms with van der Waals surface area (Å²) < 4.78 is 34.7. The molecule has 0 fully saturated rings. The van der Waals surface area contributed by atoms with E-state index in [4.69, 9.17) is 4.74 Å². The molecule has 2 amide bonds. The highest BCUT2D eigenvalue weighted by Gasteiger charge is 2.23. The summed E-state index contributed by atoms with van der Waals surface area (Å²) >= 11 is 1.31. The molecule has 0 saturated heterocycles. The quantitative estimate of drug-likeness (QED) is 0.162. The Kier molecular flexibility index (Phi) is 9.97.